The summed E-state index contributed by atoms with van der Waals surface area (Å²) in [5.41, 5.74) is 29.7. The zero-order chi connectivity index (χ0) is 104. The van der Waals surface area contributed by atoms with Gasteiger partial charge in [0.1, 0.15) is 96.4 Å². The zero-order valence-electron chi connectivity index (χ0n) is 79.6. The van der Waals surface area contributed by atoms with E-state index in [2.05, 4.69) is 100 Å². The number of hydrogen-bond acceptors (Lipinski definition) is 28. The van der Waals surface area contributed by atoms with Crippen molar-refractivity contribution in [3.05, 3.63) is 48.0 Å². The number of nitrogens with two attached hydrogens (primary N) is 5. The van der Waals surface area contributed by atoms with Gasteiger partial charge in [-0.25, -0.2) is 4.98 Å². The van der Waals surface area contributed by atoms with Crippen LogP contribution in [0.1, 0.15) is 209 Å². The lowest BCUT2D eigenvalue weighted by molar-refractivity contribution is -0.140. The van der Waals surface area contributed by atoms with Crippen LogP contribution in [0.25, 0.3) is 0 Å². The Bertz CT molecular complexity index is 4410. The Hall–Kier alpha value is -13.6. The number of aliphatic carboxylic acids is 4. The lowest BCUT2D eigenvalue weighted by atomic mass is 9.96. The van der Waals surface area contributed by atoms with Gasteiger partial charge in [0.15, 0.2) is 0 Å². The number of carboxylic acids is 4. The number of primary amides is 1. The molecule has 0 aliphatic carbocycles. The van der Waals surface area contributed by atoms with Crippen molar-refractivity contribution in [1.29, 1.82) is 0 Å². The van der Waals surface area contributed by atoms with E-state index in [0.29, 0.717) is 24.8 Å². The number of amides is 18. The van der Waals surface area contributed by atoms with E-state index in [1.54, 1.807) is 41.5 Å². The molecule has 0 saturated carbocycles. The minimum absolute atomic E-state index is 0.0159. The van der Waals surface area contributed by atoms with Crippen molar-refractivity contribution in [2.45, 2.75) is 307 Å². The Labute approximate surface area is 798 Å². The average molecular weight is 1960 g/mol. The number of carbonyl (C=O) groups is 22. The number of imidazole rings is 1. The second-order valence-electron chi connectivity index (χ2n) is 33.8. The van der Waals surface area contributed by atoms with Crippen molar-refractivity contribution < 1.29 is 131 Å². The predicted molar refractivity (Wildman–Crippen MR) is 494 cm³/mol. The van der Waals surface area contributed by atoms with Crippen LogP contribution in [-0.2, 0) is 118 Å². The number of benzene rings is 1. The minimum Gasteiger partial charge on any atom is -0.508 e. The van der Waals surface area contributed by atoms with Crippen LogP contribution in [-0.4, -0.2) is 295 Å². The Balaban J connectivity index is 2.36. The molecule has 0 unspecified atom stereocenters. The maximum absolute atomic E-state index is 14.6. The Morgan fingerprint density at radius 1 is 0.333 bits per heavy atom. The molecule has 138 heavy (non-hydrogen) atoms. The lowest BCUT2D eigenvalue weighted by Gasteiger charge is -2.30. The normalized spacial score (nSPS) is 15.2. The molecule has 0 spiro atoms. The number of carbonyl (C=O) groups excluding carboxylic acids is 18. The standard InChI is InChI=1S/C87H142N24O27/c1-11-44(4)69(85(136)99-47(7)73(124)97-49(9)75(126)108-62(39-52-40-93-43-96-52)84(135)102-55(72(92)123)27-31-65(115)116)110-82(133)57(21-15-18-36-89)104-78(129)56(20-14-17-35-88)103-81(132)61(30-34-68(121)122)107-87(138)71(46(6)13-3)109-76(127)50(10)98-74(125)48(8)100-86(137)70(45(5)12-2)111-83(134)58(22-16-19-37-90)105-80(131)60(29-33-67(119)120)106-79(130)59(28-32-66(117)118)101-64(114)42-94-63(113)41-95-77(128)54(91)38-51-23-25-53(112)26-24-51/h23-26,40,43-50,54-62,69-71,112H,11-22,27-39,41-42,88-91H2,1-10H3,(H2,92,123)(H,93,96)(H,94,113)(H,95,128)(H,97,124)(H,98,125)(H,99,136)(H,100,137)(H,101,114)(H,102,135)(H,103,132)(H,104,129)(H,105,131)(H,106,130)(H,107,138)(H,108,126)(H,109,127)(H,110,133)(H,111,134)(H,115,116)(H,117,118)(H,119,120)(H,121,122)/t44-,45-,46-,47-,48-,49-,50-,54-,55-,56-,57-,58-,59-,60-,61-,62-,69-,70-,71-/m0/s1. The fourth-order valence-corrected chi connectivity index (χ4v) is 13.4. The molecule has 1 aromatic carbocycles. The molecule has 1 aromatic heterocycles. The first-order valence-corrected chi connectivity index (χ1v) is 45.9. The smallest absolute Gasteiger partial charge is 0.303 e. The van der Waals surface area contributed by atoms with Gasteiger partial charge in [0.25, 0.3) is 0 Å². The van der Waals surface area contributed by atoms with Gasteiger partial charge in [-0.05, 0) is 173 Å². The third kappa shape index (κ3) is 45.8. The van der Waals surface area contributed by atoms with Gasteiger partial charge in [-0.3, -0.25) is 105 Å². The van der Waals surface area contributed by atoms with Crippen LogP contribution in [0.2, 0.25) is 0 Å². The molecule has 0 fully saturated rings. The molecule has 19 atom stereocenters. The molecule has 0 aliphatic rings. The maximum Gasteiger partial charge on any atom is 0.303 e. The van der Waals surface area contributed by atoms with Crippen LogP contribution in [0.3, 0.4) is 0 Å². The zero-order valence-corrected chi connectivity index (χ0v) is 79.6. The molecule has 18 amide bonds. The summed E-state index contributed by atoms with van der Waals surface area (Å²) in [6.07, 6.45) is -0.661. The van der Waals surface area contributed by atoms with Crippen molar-refractivity contribution in [1.82, 2.24) is 100 Å². The van der Waals surface area contributed by atoms with Crippen LogP contribution < -0.4 is 119 Å². The summed E-state index contributed by atoms with van der Waals surface area (Å²) in [5, 5.41) is 89.6. The Kier molecular flexibility index (Phi) is 55.6. The van der Waals surface area contributed by atoms with Crippen LogP contribution in [0, 0.1) is 17.8 Å². The van der Waals surface area contributed by atoms with Gasteiger partial charge in [0.05, 0.1) is 31.2 Å². The highest BCUT2D eigenvalue weighted by Gasteiger charge is 2.40. The third-order valence-electron chi connectivity index (χ3n) is 22.5. The molecule has 1 heterocycles. The molecule has 33 N–H and O–H groups in total. The maximum atomic E-state index is 14.6. The number of aromatic nitrogens is 2. The first-order chi connectivity index (χ1) is 65.0. The van der Waals surface area contributed by atoms with Gasteiger partial charge in [-0.15, -0.1) is 0 Å². The van der Waals surface area contributed by atoms with Gasteiger partial charge in [-0.1, -0.05) is 72.9 Å². The summed E-state index contributed by atoms with van der Waals surface area (Å²) in [7, 11) is 0. The van der Waals surface area contributed by atoms with Gasteiger partial charge in [0.2, 0.25) is 106 Å². The number of phenols is 1. The van der Waals surface area contributed by atoms with Crippen LogP contribution >= 0.6 is 0 Å². The van der Waals surface area contributed by atoms with Gasteiger partial charge in [-0.2, -0.15) is 0 Å². The van der Waals surface area contributed by atoms with Gasteiger partial charge >= 0.3 is 23.9 Å². The van der Waals surface area contributed by atoms with E-state index in [1.807, 2.05) is 0 Å². The number of phenolic OH excluding ortho intramolecular Hbond substituents is 1. The topological polar surface area (TPSA) is 840 Å². The summed E-state index contributed by atoms with van der Waals surface area (Å²) in [5.74, 6) is -25.3. The molecule has 772 valence electrons. The van der Waals surface area contributed by atoms with Gasteiger partial charge in [0, 0.05) is 38.3 Å². The summed E-state index contributed by atoms with van der Waals surface area (Å²) in [4.78, 5) is 303. The van der Waals surface area contributed by atoms with E-state index in [4.69, 9.17) is 33.8 Å². The molecule has 51 heteroatoms. The number of nitrogens with one attached hydrogen (secondary N) is 18. The van der Waals surface area contributed by atoms with E-state index in [9.17, 15) is 126 Å². The fraction of sp³-hybridized carbons (Fsp3) is 0.644. The van der Waals surface area contributed by atoms with Crippen molar-refractivity contribution in [2.24, 2.45) is 46.4 Å². The molecule has 0 radical (unpaired) electrons. The summed E-state index contributed by atoms with van der Waals surface area (Å²) in [6.45, 7) is 13.7. The van der Waals surface area contributed by atoms with E-state index in [0.717, 1.165) is 0 Å². The highest BCUT2D eigenvalue weighted by molar-refractivity contribution is 6.01. The second kappa shape index (κ2) is 63.7. The van der Waals surface area contributed by atoms with Gasteiger partial charge < -0.3 is 150 Å². The highest BCUT2D eigenvalue weighted by Crippen LogP contribution is 2.18. The molecule has 2 rings (SSSR count). The van der Waals surface area contributed by atoms with E-state index < -0.39 is 303 Å². The molecule has 0 aliphatic heterocycles. The molecule has 0 saturated heterocycles. The molecular weight excluding hydrogens is 1810 g/mol. The van der Waals surface area contributed by atoms with E-state index in [-0.39, 0.29) is 108 Å². The number of rotatable bonds is 69. The first kappa shape index (κ1) is 120. The second-order valence-corrected chi connectivity index (χ2v) is 33.8. The molecule has 2 aromatic rings. The largest absolute Gasteiger partial charge is 0.508 e. The predicted octanol–water partition coefficient (Wildman–Crippen LogP) is -6.72. The molecular formula is C87H142N24O27. The monoisotopic (exact) mass is 1960 g/mol. The quantitative estimate of drug-likeness (QED) is 0.0274. The average Bonchev–Trinajstić information content (AvgIpc) is 0.888. The fourth-order valence-electron chi connectivity index (χ4n) is 13.4. The minimum atomic E-state index is -1.79. The van der Waals surface area contributed by atoms with Crippen molar-refractivity contribution in [3.63, 3.8) is 0 Å². The number of aromatic hydroxyl groups is 1. The number of carboxylic acid groups (broad SMARTS) is 4. The Morgan fingerprint density at radius 3 is 0.971 bits per heavy atom. The lowest BCUT2D eigenvalue weighted by Crippen LogP contribution is -2.61. The number of H-pyrrole nitrogens is 1. The number of unbranched alkanes of at least 4 members (excludes halogenated alkanes) is 3. The SMILES string of the molecule is CC[C@H](C)[C@H](NC(=O)[C@H](C)NC(=O)[C@H](C)NC(=O)[C@@H](NC(=O)[C@H](CCCCN)NC(=O)[C@H](CCC(=O)O)NC(=O)[C@H](CCC(=O)O)NC(=O)CNC(=O)CNC(=O)[C@@H](N)Cc1ccc(O)cc1)[C@@H](C)CC)C(=O)N[C@@H](CCC(=O)O)C(=O)N[C@@H](CCCCN)C(=O)N[C@@H](CCCCN)C(=O)N[C@H](C(=O)N[C@@H](C)C(=O)N[C@@H](C)C(=O)N[C@@H](Cc1c[nH]cn1)C(=O)N[C@@H](CCC(=O)O)C(N)=O)[C@@H](C)CC. The summed E-state index contributed by atoms with van der Waals surface area (Å²) < 4.78 is 0. The van der Waals surface area contributed by atoms with E-state index in [1.165, 1.54) is 64.5 Å². The molecule has 0 bridgehead atoms. The summed E-state index contributed by atoms with van der Waals surface area (Å²) >= 11 is 0. The number of nitrogens with zero attached hydrogens (tertiary/aromatic N) is 1. The first-order valence-electron chi connectivity index (χ1n) is 45.9. The van der Waals surface area contributed by atoms with Crippen LogP contribution in [0.5, 0.6) is 5.75 Å². The van der Waals surface area contributed by atoms with Crippen LogP contribution in [0.15, 0.2) is 36.8 Å². The Morgan fingerprint density at radius 2 is 0.623 bits per heavy atom. The van der Waals surface area contributed by atoms with Crippen molar-refractivity contribution >= 4 is 130 Å². The third-order valence-corrected chi connectivity index (χ3v) is 22.5. The van der Waals surface area contributed by atoms with Crippen LogP contribution in [0.4, 0.5) is 0 Å². The number of hydrogen-bond donors (Lipinski definition) is 28. The van der Waals surface area contributed by atoms with Crippen molar-refractivity contribution in [2.75, 3.05) is 32.7 Å². The summed E-state index contributed by atoms with van der Waals surface area (Å²) in [6, 6.07) is -18.1. The van der Waals surface area contributed by atoms with Crippen molar-refractivity contribution in [3.8, 4) is 5.75 Å². The van der Waals surface area contributed by atoms with E-state index >= 15 is 0 Å². The highest BCUT2D eigenvalue weighted by atomic mass is 16.4. The molecule has 51 nitrogen and oxygen atoms in total. The number of aromatic amines is 1.